The number of fused-ring (bicyclic) bond motifs is 1. The lowest BCUT2D eigenvalue weighted by atomic mass is 10.0. The van der Waals surface area contributed by atoms with Crippen molar-refractivity contribution < 1.29 is 14.3 Å². The summed E-state index contributed by atoms with van der Waals surface area (Å²) in [5.74, 6) is 1.31. The molecule has 0 saturated carbocycles. The van der Waals surface area contributed by atoms with Gasteiger partial charge in [-0.15, -0.1) is 10.2 Å². The minimum absolute atomic E-state index is 0.380. The van der Waals surface area contributed by atoms with Gasteiger partial charge in [0.15, 0.2) is 11.5 Å². The van der Waals surface area contributed by atoms with Crippen LogP contribution < -0.4 is 9.47 Å². The molecule has 0 spiro atoms. The molecule has 0 amide bonds. The quantitative estimate of drug-likeness (QED) is 0.424. The number of aldehydes is 1. The molecule has 0 atom stereocenters. The highest BCUT2D eigenvalue weighted by molar-refractivity contribution is 5.97. The van der Waals surface area contributed by atoms with Gasteiger partial charge < -0.3 is 9.47 Å². The average molecular weight is 384 g/mol. The Hall–Kier alpha value is -3.73. The SMILES string of the molecule is COc1cc(C=O)ccc1Oc1nnc(-c2ccc(C)c(C)c2)c2ccccc12. The van der Waals surface area contributed by atoms with Crippen molar-refractivity contribution in [1.29, 1.82) is 0 Å². The van der Waals surface area contributed by atoms with E-state index in [4.69, 9.17) is 9.47 Å². The first-order valence-corrected chi connectivity index (χ1v) is 9.25. The topological polar surface area (TPSA) is 61.3 Å². The second-order valence-electron chi connectivity index (χ2n) is 6.83. The first kappa shape index (κ1) is 18.6. The Morgan fingerprint density at radius 2 is 1.62 bits per heavy atom. The molecule has 0 saturated heterocycles. The van der Waals surface area contributed by atoms with Gasteiger partial charge in [0.25, 0.3) is 0 Å². The number of rotatable bonds is 5. The molecule has 144 valence electrons. The number of carbonyl (C=O) groups excluding carboxylic acids is 1. The zero-order chi connectivity index (χ0) is 20.4. The number of carbonyl (C=O) groups is 1. The Balaban J connectivity index is 1.82. The van der Waals surface area contributed by atoms with Crippen molar-refractivity contribution in [3.8, 4) is 28.6 Å². The second kappa shape index (κ2) is 7.72. The van der Waals surface area contributed by atoms with Crippen LogP contribution in [0.1, 0.15) is 21.5 Å². The predicted molar refractivity (Wildman–Crippen MR) is 113 cm³/mol. The summed E-state index contributed by atoms with van der Waals surface area (Å²) in [4.78, 5) is 11.0. The Bertz CT molecular complexity index is 1220. The van der Waals surface area contributed by atoms with Crippen molar-refractivity contribution >= 4 is 17.1 Å². The van der Waals surface area contributed by atoms with Crippen LogP contribution in [0, 0.1) is 13.8 Å². The van der Waals surface area contributed by atoms with E-state index in [1.165, 1.54) is 18.2 Å². The van der Waals surface area contributed by atoms with E-state index in [0.717, 1.165) is 28.3 Å². The van der Waals surface area contributed by atoms with Gasteiger partial charge in [-0.25, -0.2) is 0 Å². The van der Waals surface area contributed by atoms with Gasteiger partial charge in [0.05, 0.1) is 7.11 Å². The molecule has 1 aromatic heterocycles. The minimum Gasteiger partial charge on any atom is -0.493 e. The smallest absolute Gasteiger partial charge is 0.246 e. The molecule has 0 bridgehead atoms. The molecule has 29 heavy (non-hydrogen) atoms. The standard InChI is InChI=1S/C24H20N2O3/c1-15-8-10-18(12-16(15)2)23-19-6-4-5-7-20(19)24(26-25-23)29-21-11-9-17(14-27)13-22(21)28-3/h4-14H,1-3H3. The summed E-state index contributed by atoms with van der Waals surface area (Å²) in [6, 6.07) is 19.1. The van der Waals surface area contributed by atoms with Crippen molar-refractivity contribution in [2.24, 2.45) is 0 Å². The van der Waals surface area contributed by atoms with E-state index in [1.54, 1.807) is 18.2 Å². The Morgan fingerprint density at radius 1 is 0.828 bits per heavy atom. The van der Waals surface area contributed by atoms with Gasteiger partial charge in [0.2, 0.25) is 5.88 Å². The van der Waals surface area contributed by atoms with Gasteiger partial charge in [-0.3, -0.25) is 4.79 Å². The van der Waals surface area contributed by atoms with Crippen LogP contribution in [0.2, 0.25) is 0 Å². The third-order valence-electron chi connectivity index (χ3n) is 4.96. The van der Waals surface area contributed by atoms with Gasteiger partial charge in [0.1, 0.15) is 12.0 Å². The maximum absolute atomic E-state index is 11.0. The zero-order valence-electron chi connectivity index (χ0n) is 16.5. The number of benzene rings is 3. The molecule has 0 fully saturated rings. The van der Waals surface area contributed by atoms with Crippen molar-refractivity contribution in [2.75, 3.05) is 7.11 Å². The van der Waals surface area contributed by atoms with E-state index >= 15 is 0 Å². The van der Waals surface area contributed by atoms with Gasteiger partial charge in [-0.2, -0.15) is 0 Å². The number of ether oxygens (including phenoxy) is 2. The zero-order valence-corrected chi connectivity index (χ0v) is 16.5. The van der Waals surface area contributed by atoms with Crippen molar-refractivity contribution in [3.63, 3.8) is 0 Å². The van der Waals surface area contributed by atoms with Crippen LogP contribution in [0.5, 0.6) is 17.4 Å². The molecule has 5 heteroatoms. The van der Waals surface area contributed by atoms with E-state index in [-0.39, 0.29) is 0 Å². The molecule has 4 aromatic rings. The fraction of sp³-hybridized carbons (Fsp3) is 0.125. The maximum Gasteiger partial charge on any atom is 0.246 e. The molecule has 0 aliphatic heterocycles. The number of aryl methyl sites for hydroxylation is 2. The lowest BCUT2D eigenvalue weighted by molar-refractivity contribution is 0.112. The number of hydrogen-bond acceptors (Lipinski definition) is 5. The van der Waals surface area contributed by atoms with Crippen LogP contribution >= 0.6 is 0 Å². The van der Waals surface area contributed by atoms with E-state index in [9.17, 15) is 4.79 Å². The molecule has 0 aliphatic carbocycles. The maximum atomic E-state index is 11.0. The minimum atomic E-state index is 0.380. The molecular formula is C24H20N2O3. The summed E-state index contributed by atoms with van der Waals surface area (Å²) in [7, 11) is 1.53. The molecule has 4 rings (SSSR count). The van der Waals surface area contributed by atoms with Gasteiger partial charge >= 0.3 is 0 Å². The van der Waals surface area contributed by atoms with Crippen LogP contribution in [0.3, 0.4) is 0 Å². The van der Waals surface area contributed by atoms with Crippen LogP contribution in [-0.4, -0.2) is 23.6 Å². The highest BCUT2D eigenvalue weighted by Gasteiger charge is 2.15. The summed E-state index contributed by atoms with van der Waals surface area (Å²) < 4.78 is 11.4. The predicted octanol–water partition coefficient (Wildman–Crippen LogP) is 5.53. The Kier molecular flexibility index (Phi) is 4.96. The highest BCUT2D eigenvalue weighted by atomic mass is 16.5. The monoisotopic (exact) mass is 384 g/mol. The van der Waals surface area contributed by atoms with E-state index in [1.807, 2.05) is 24.3 Å². The summed E-state index contributed by atoms with van der Waals surface area (Å²) in [6.07, 6.45) is 0.764. The number of nitrogens with zero attached hydrogens (tertiary/aromatic N) is 2. The average Bonchev–Trinajstić information content (AvgIpc) is 2.76. The summed E-state index contributed by atoms with van der Waals surface area (Å²) >= 11 is 0. The Labute approximate surface area is 168 Å². The van der Waals surface area contributed by atoms with Crippen molar-refractivity contribution in [2.45, 2.75) is 13.8 Å². The van der Waals surface area contributed by atoms with E-state index in [0.29, 0.717) is 22.9 Å². The van der Waals surface area contributed by atoms with Crippen molar-refractivity contribution in [1.82, 2.24) is 10.2 Å². The highest BCUT2D eigenvalue weighted by Crippen LogP contribution is 2.36. The first-order valence-electron chi connectivity index (χ1n) is 9.25. The molecule has 0 unspecified atom stereocenters. The molecule has 0 N–H and O–H groups in total. The van der Waals surface area contributed by atoms with Crippen LogP contribution in [-0.2, 0) is 0 Å². The van der Waals surface area contributed by atoms with E-state index in [2.05, 4.69) is 42.2 Å². The summed E-state index contributed by atoms with van der Waals surface area (Å²) in [5, 5.41) is 10.6. The van der Waals surface area contributed by atoms with Gasteiger partial charge in [0, 0.05) is 21.9 Å². The third kappa shape index (κ3) is 3.55. The number of methoxy groups -OCH3 is 1. The number of hydrogen-bond donors (Lipinski definition) is 0. The molecule has 5 nitrogen and oxygen atoms in total. The fourth-order valence-electron chi connectivity index (χ4n) is 3.20. The summed E-state index contributed by atoms with van der Waals surface area (Å²) in [6.45, 7) is 4.17. The van der Waals surface area contributed by atoms with Crippen molar-refractivity contribution in [3.05, 3.63) is 77.4 Å². The Morgan fingerprint density at radius 3 is 2.34 bits per heavy atom. The fourth-order valence-corrected chi connectivity index (χ4v) is 3.20. The van der Waals surface area contributed by atoms with Crippen LogP contribution in [0.4, 0.5) is 0 Å². The second-order valence-corrected chi connectivity index (χ2v) is 6.83. The van der Waals surface area contributed by atoms with Crippen LogP contribution in [0.15, 0.2) is 60.7 Å². The van der Waals surface area contributed by atoms with Crippen LogP contribution in [0.25, 0.3) is 22.0 Å². The molecule has 1 heterocycles. The van der Waals surface area contributed by atoms with Gasteiger partial charge in [-0.1, -0.05) is 30.3 Å². The molecule has 0 aliphatic rings. The largest absolute Gasteiger partial charge is 0.493 e. The molecule has 0 radical (unpaired) electrons. The lowest BCUT2D eigenvalue weighted by Crippen LogP contribution is -1.98. The van der Waals surface area contributed by atoms with E-state index < -0.39 is 0 Å². The first-order chi connectivity index (χ1) is 14.1. The summed E-state index contributed by atoms with van der Waals surface area (Å²) in [5.41, 5.74) is 4.76. The van der Waals surface area contributed by atoms with Gasteiger partial charge in [-0.05, 0) is 55.3 Å². The normalized spacial score (nSPS) is 10.7. The number of aromatic nitrogens is 2. The molecular weight excluding hydrogens is 364 g/mol. The third-order valence-corrected chi connectivity index (χ3v) is 4.96. The lowest BCUT2D eigenvalue weighted by Gasteiger charge is -2.13. The molecule has 3 aromatic carbocycles.